The number of hydrogen-bond acceptors (Lipinski definition) is 5. The molecule has 2 rings (SSSR count). The predicted octanol–water partition coefficient (Wildman–Crippen LogP) is 2.33. The fourth-order valence-corrected chi connectivity index (χ4v) is 3.16. The third kappa shape index (κ3) is 6.29. The summed E-state index contributed by atoms with van der Waals surface area (Å²) >= 11 is 1.46. The largest absolute Gasteiger partial charge is 0.324 e. The van der Waals surface area contributed by atoms with Gasteiger partial charge >= 0.3 is 0 Å². The van der Waals surface area contributed by atoms with Gasteiger partial charge in [0.15, 0.2) is 0 Å². The Hall–Kier alpha value is -2.06. The smallest absolute Gasteiger partial charge is 0.234 e. The van der Waals surface area contributed by atoms with Crippen LogP contribution >= 0.6 is 11.8 Å². The highest BCUT2D eigenvalue weighted by Gasteiger charge is 2.10. The monoisotopic (exact) mass is 351 g/mol. The fraction of sp³-hybridized carbons (Fsp3) is 0.200. The van der Waals surface area contributed by atoms with Gasteiger partial charge in [-0.15, -0.1) is 11.8 Å². The number of rotatable bonds is 7. The molecule has 0 aliphatic carbocycles. The number of thioether (sulfide) groups is 1. The summed E-state index contributed by atoms with van der Waals surface area (Å²) in [6.45, 7) is 0. The van der Waals surface area contributed by atoms with Gasteiger partial charge in [-0.25, -0.2) is 8.42 Å². The Balaban J connectivity index is 1.90. The molecule has 122 valence electrons. The number of sulfonamides is 1. The van der Waals surface area contributed by atoms with E-state index in [1.807, 2.05) is 12.1 Å². The number of anilines is 2. The molecule has 0 fully saturated rings. The van der Waals surface area contributed by atoms with Crippen molar-refractivity contribution >= 4 is 39.1 Å². The summed E-state index contributed by atoms with van der Waals surface area (Å²) < 4.78 is 25.0. The van der Waals surface area contributed by atoms with Gasteiger partial charge in [0.05, 0.1) is 23.4 Å². The highest BCUT2D eigenvalue weighted by molar-refractivity contribution is 7.99. The van der Waals surface area contributed by atoms with Crippen LogP contribution in [-0.4, -0.2) is 31.3 Å². The quantitative estimate of drug-likeness (QED) is 0.799. The SMILES string of the molecule is CS(=O)(=O)Nc1ccccc1NC(=O)CSCc1cccnc1. The van der Waals surface area contributed by atoms with Crippen molar-refractivity contribution in [3.8, 4) is 0 Å². The number of para-hydroxylation sites is 2. The molecule has 0 aliphatic heterocycles. The number of aromatic nitrogens is 1. The summed E-state index contributed by atoms with van der Waals surface area (Å²) in [4.78, 5) is 16.0. The number of pyridine rings is 1. The van der Waals surface area contributed by atoms with E-state index in [1.165, 1.54) is 11.8 Å². The van der Waals surface area contributed by atoms with Crippen LogP contribution in [0.2, 0.25) is 0 Å². The van der Waals surface area contributed by atoms with Crippen molar-refractivity contribution < 1.29 is 13.2 Å². The maximum atomic E-state index is 12.0. The Bertz CT molecular complexity index is 765. The third-order valence-electron chi connectivity index (χ3n) is 2.72. The Morgan fingerprint density at radius 2 is 1.91 bits per heavy atom. The van der Waals surface area contributed by atoms with Crippen LogP contribution < -0.4 is 10.0 Å². The minimum atomic E-state index is -3.40. The van der Waals surface area contributed by atoms with Crippen LogP contribution in [0, 0.1) is 0 Å². The second-order valence-electron chi connectivity index (χ2n) is 4.82. The summed E-state index contributed by atoms with van der Waals surface area (Å²) in [6, 6.07) is 10.5. The van der Waals surface area contributed by atoms with Crippen LogP contribution in [-0.2, 0) is 20.6 Å². The molecular weight excluding hydrogens is 334 g/mol. The number of nitrogens with one attached hydrogen (secondary N) is 2. The van der Waals surface area contributed by atoms with Crippen molar-refractivity contribution in [3.05, 3.63) is 54.4 Å². The summed E-state index contributed by atoms with van der Waals surface area (Å²) in [7, 11) is -3.40. The van der Waals surface area contributed by atoms with E-state index in [0.29, 0.717) is 17.1 Å². The fourth-order valence-electron chi connectivity index (χ4n) is 1.81. The lowest BCUT2D eigenvalue weighted by Crippen LogP contribution is -2.17. The highest BCUT2D eigenvalue weighted by Crippen LogP contribution is 2.22. The zero-order chi connectivity index (χ0) is 16.7. The topological polar surface area (TPSA) is 88.2 Å². The molecule has 1 aromatic carbocycles. The van der Waals surface area contributed by atoms with Gasteiger partial charge in [-0.2, -0.15) is 0 Å². The van der Waals surface area contributed by atoms with Crippen LogP contribution in [0.5, 0.6) is 0 Å². The summed E-state index contributed by atoms with van der Waals surface area (Å²) in [6.07, 6.45) is 4.53. The Kier molecular flexibility index (Phi) is 6.00. The average Bonchev–Trinajstić information content (AvgIpc) is 2.49. The van der Waals surface area contributed by atoms with E-state index in [2.05, 4.69) is 15.0 Å². The van der Waals surface area contributed by atoms with Crippen LogP contribution in [0.1, 0.15) is 5.56 Å². The first kappa shape index (κ1) is 17.3. The molecule has 2 aromatic rings. The zero-order valence-electron chi connectivity index (χ0n) is 12.5. The second kappa shape index (κ2) is 7.98. The standard InChI is InChI=1S/C15H17N3O3S2/c1-23(20,21)18-14-7-3-2-6-13(14)17-15(19)11-22-10-12-5-4-8-16-9-12/h2-9,18H,10-11H2,1H3,(H,17,19). The molecule has 2 N–H and O–H groups in total. The van der Waals surface area contributed by atoms with E-state index in [0.717, 1.165) is 11.8 Å². The van der Waals surface area contributed by atoms with Gasteiger partial charge in [0.1, 0.15) is 0 Å². The summed E-state index contributed by atoms with van der Waals surface area (Å²) in [5.74, 6) is 0.758. The number of carbonyl (C=O) groups excluding carboxylic acids is 1. The maximum Gasteiger partial charge on any atom is 0.234 e. The molecule has 0 saturated heterocycles. The predicted molar refractivity (Wildman–Crippen MR) is 93.9 cm³/mol. The number of amides is 1. The van der Waals surface area contributed by atoms with E-state index in [1.54, 1.807) is 36.7 Å². The lowest BCUT2D eigenvalue weighted by atomic mass is 10.3. The van der Waals surface area contributed by atoms with Gasteiger partial charge in [-0.1, -0.05) is 18.2 Å². The van der Waals surface area contributed by atoms with Crippen molar-refractivity contribution in [2.45, 2.75) is 5.75 Å². The van der Waals surface area contributed by atoms with E-state index in [9.17, 15) is 13.2 Å². The Morgan fingerprint density at radius 3 is 2.57 bits per heavy atom. The molecule has 6 nitrogen and oxygen atoms in total. The molecule has 0 bridgehead atoms. The summed E-state index contributed by atoms with van der Waals surface area (Å²) in [5, 5.41) is 2.72. The van der Waals surface area contributed by atoms with Crippen molar-refractivity contribution in [2.24, 2.45) is 0 Å². The molecule has 0 radical (unpaired) electrons. The molecule has 0 saturated carbocycles. The van der Waals surface area contributed by atoms with Gasteiger partial charge in [0.25, 0.3) is 0 Å². The number of benzene rings is 1. The lowest BCUT2D eigenvalue weighted by molar-refractivity contribution is -0.113. The number of hydrogen-bond donors (Lipinski definition) is 2. The molecule has 0 aliphatic rings. The van der Waals surface area contributed by atoms with Crippen molar-refractivity contribution in [3.63, 3.8) is 0 Å². The average molecular weight is 351 g/mol. The maximum absolute atomic E-state index is 12.0. The first-order chi connectivity index (χ1) is 10.9. The molecule has 0 unspecified atom stereocenters. The summed E-state index contributed by atoms with van der Waals surface area (Å²) in [5.41, 5.74) is 1.83. The molecule has 23 heavy (non-hydrogen) atoms. The molecule has 1 aromatic heterocycles. The van der Waals surface area contributed by atoms with Gasteiger partial charge in [-0.3, -0.25) is 14.5 Å². The van der Waals surface area contributed by atoms with Gasteiger partial charge in [0, 0.05) is 18.1 Å². The number of carbonyl (C=O) groups is 1. The van der Waals surface area contributed by atoms with Crippen molar-refractivity contribution in [2.75, 3.05) is 22.0 Å². The van der Waals surface area contributed by atoms with E-state index < -0.39 is 10.0 Å². The van der Waals surface area contributed by atoms with Crippen molar-refractivity contribution in [1.82, 2.24) is 4.98 Å². The van der Waals surface area contributed by atoms with Crippen LogP contribution in [0.15, 0.2) is 48.8 Å². The highest BCUT2D eigenvalue weighted by atomic mass is 32.2. The molecule has 0 atom stereocenters. The third-order valence-corrected chi connectivity index (χ3v) is 4.32. The van der Waals surface area contributed by atoms with Gasteiger partial charge < -0.3 is 5.32 Å². The first-order valence-electron chi connectivity index (χ1n) is 6.77. The van der Waals surface area contributed by atoms with Gasteiger partial charge in [-0.05, 0) is 23.8 Å². The zero-order valence-corrected chi connectivity index (χ0v) is 14.2. The van der Waals surface area contributed by atoms with Crippen LogP contribution in [0.25, 0.3) is 0 Å². The molecule has 1 amide bonds. The van der Waals surface area contributed by atoms with E-state index >= 15 is 0 Å². The van der Waals surface area contributed by atoms with Crippen LogP contribution in [0.3, 0.4) is 0 Å². The van der Waals surface area contributed by atoms with E-state index in [-0.39, 0.29) is 11.7 Å². The minimum Gasteiger partial charge on any atom is -0.324 e. The first-order valence-corrected chi connectivity index (χ1v) is 9.82. The van der Waals surface area contributed by atoms with Crippen LogP contribution in [0.4, 0.5) is 11.4 Å². The normalized spacial score (nSPS) is 11.0. The van der Waals surface area contributed by atoms with Gasteiger partial charge in [0.2, 0.25) is 15.9 Å². The Labute approximate surface area is 139 Å². The second-order valence-corrected chi connectivity index (χ2v) is 7.56. The minimum absolute atomic E-state index is 0.193. The lowest BCUT2D eigenvalue weighted by Gasteiger charge is -2.11. The van der Waals surface area contributed by atoms with E-state index in [4.69, 9.17) is 0 Å². The molecular formula is C15H17N3O3S2. The Morgan fingerprint density at radius 1 is 1.17 bits per heavy atom. The van der Waals surface area contributed by atoms with Crippen molar-refractivity contribution in [1.29, 1.82) is 0 Å². The molecule has 1 heterocycles. The molecule has 8 heteroatoms. The number of nitrogens with zero attached hydrogens (tertiary/aromatic N) is 1. The molecule has 0 spiro atoms.